The lowest BCUT2D eigenvalue weighted by atomic mass is 10.3. The Balaban J connectivity index is 2.67. The molecule has 0 unspecified atom stereocenters. The topological polar surface area (TPSA) is 32.5 Å². The third-order valence-corrected chi connectivity index (χ3v) is 3.11. The van der Waals surface area contributed by atoms with Gasteiger partial charge < -0.3 is 9.53 Å². The molecule has 1 aliphatic heterocycles. The highest BCUT2D eigenvalue weighted by molar-refractivity contribution is 6.70. The first-order chi connectivity index (χ1) is 7.40. The number of benzene rings is 1. The zero-order valence-electron chi connectivity index (χ0n) is 9.82. The van der Waals surface area contributed by atoms with Crippen LogP contribution in [-0.2, 0) is 4.43 Å². The van der Waals surface area contributed by atoms with Gasteiger partial charge in [0, 0.05) is 0 Å². The van der Waals surface area contributed by atoms with Crippen LogP contribution in [0.3, 0.4) is 0 Å². The van der Waals surface area contributed by atoms with Crippen LogP contribution in [0.5, 0.6) is 0 Å². The second kappa shape index (κ2) is 3.49. The first kappa shape index (κ1) is 10.9. The van der Waals surface area contributed by atoms with Gasteiger partial charge in [-0.05, 0) is 31.8 Å². The van der Waals surface area contributed by atoms with Crippen LogP contribution in [0.25, 0.3) is 11.8 Å². The summed E-state index contributed by atoms with van der Waals surface area (Å²) in [6, 6.07) is 7.62. The van der Waals surface area contributed by atoms with E-state index >= 15 is 0 Å². The zero-order chi connectivity index (χ0) is 11.9. The highest BCUT2D eigenvalue weighted by atomic mass is 28.4. The maximum absolute atomic E-state index is 9.91. The molecule has 1 heterocycles. The van der Waals surface area contributed by atoms with Crippen molar-refractivity contribution in [1.29, 1.82) is 0 Å². The molecule has 0 aromatic heterocycles. The second-order valence-corrected chi connectivity index (χ2v) is 9.25. The van der Waals surface area contributed by atoms with E-state index in [1.54, 1.807) is 0 Å². The molecule has 1 aliphatic rings. The van der Waals surface area contributed by atoms with E-state index in [2.05, 4.69) is 26.4 Å². The third kappa shape index (κ3) is 1.76. The monoisotopic (exact) mass is 234 g/mol. The maximum atomic E-state index is 9.91. The second-order valence-electron chi connectivity index (χ2n) is 4.82. The smallest absolute Gasteiger partial charge is 0.381 e. The molecule has 0 aliphatic carbocycles. The molecular weight excluding hydrogens is 218 g/mol. The summed E-state index contributed by atoms with van der Waals surface area (Å²) >= 11 is 0. The van der Waals surface area contributed by atoms with Gasteiger partial charge in [0.15, 0.2) is 0 Å². The van der Waals surface area contributed by atoms with Crippen LogP contribution < -0.4 is 10.4 Å². The molecule has 0 radical (unpaired) electrons. The SMILES string of the molecule is C=[N+]1C(O)=c2ccccc2=C1O[Si](C)(C)C. The molecule has 4 heteroatoms. The highest BCUT2D eigenvalue weighted by Gasteiger charge is 2.31. The van der Waals surface area contributed by atoms with E-state index in [9.17, 15) is 5.11 Å². The number of hydrogen-bond acceptors (Lipinski definition) is 2. The predicted molar refractivity (Wildman–Crippen MR) is 66.9 cm³/mol. The molecular formula is C12H16NO2Si+. The molecule has 84 valence electrons. The lowest BCUT2D eigenvalue weighted by Gasteiger charge is -2.16. The molecule has 0 bridgehead atoms. The molecule has 1 N–H and O–H groups in total. The summed E-state index contributed by atoms with van der Waals surface area (Å²) in [6.07, 6.45) is 0. The molecule has 0 spiro atoms. The van der Waals surface area contributed by atoms with Crippen molar-refractivity contribution in [3.8, 4) is 0 Å². The normalized spacial score (nSPS) is 15.3. The summed E-state index contributed by atoms with van der Waals surface area (Å²) in [5.41, 5.74) is 0. The van der Waals surface area contributed by atoms with Crippen LogP contribution in [0.2, 0.25) is 19.6 Å². The summed E-state index contributed by atoms with van der Waals surface area (Å²) < 4.78 is 7.41. The van der Waals surface area contributed by atoms with Gasteiger partial charge >= 0.3 is 11.8 Å². The van der Waals surface area contributed by atoms with Gasteiger partial charge in [0.2, 0.25) is 8.32 Å². The van der Waals surface area contributed by atoms with Crippen molar-refractivity contribution in [2.75, 3.05) is 0 Å². The van der Waals surface area contributed by atoms with E-state index in [-0.39, 0.29) is 5.88 Å². The number of fused-ring (bicyclic) bond motifs is 1. The number of aliphatic hydroxyl groups excluding tert-OH is 1. The summed E-state index contributed by atoms with van der Waals surface area (Å²) in [5.74, 6) is 0.816. The lowest BCUT2D eigenvalue weighted by Crippen LogP contribution is -2.30. The number of nitrogens with zero attached hydrogens (tertiary/aromatic N) is 1. The molecule has 0 saturated heterocycles. The summed E-state index contributed by atoms with van der Waals surface area (Å²) in [7, 11) is -1.71. The number of aliphatic hydroxyl groups is 1. The van der Waals surface area contributed by atoms with Crippen LogP contribution in [0.4, 0.5) is 0 Å². The van der Waals surface area contributed by atoms with Crippen molar-refractivity contribution in [3.05, 3.63) is 34.7 Å². The number of hydrogen-bond donors (Lipinski definition) is 1. The Morgan fingerprint density at radius 1 is 1.19 bits per heavy atom. The van der Waals surface area contributed by atoms with Crippen molar-refractivity contribution < 1.29 is 14.1 Å². The van der Waals surface area contributed by atoms with Crippen molar-refractivity contribution in [2.24, 2.45) is 0 Å². The van der Waals surface area contributed by atoms with E-state index in [0.717, 1.165) is 10.4 Å². The quantitative estimate of drug-likeness (QED) is 0.610. The highest BCUT2D eigenvalue weighted by Crippen LogP contribution is 2.14. The van der Waals surface area contributed by atoms with Crippen LogP contribution in [-0.4, -0.2) is 24.7 Å². The van der Waals surface area contributed by atoms with E-state index in [1.165, 1.54) is 4.58 Å². The fourth-order valence-corrected chi connectivity index (χ4v) is 2.45. The summed E-state index contributed by atoms with van der Waals surface area (Å²) in [6.45, 7) is 10.1. The van der Waals surface area contributed by atoms with Crippen LogP contribution in [0, 0.1) is 0 Å². The van der Waals surface area contributed by atoms with Crippen molar-refractivity contribution in [1.82, 2.24) is 0 Å². The van der Waals surface area contributed by atoms with Gasteiger partial charge in [0.05, 0.1) is 0 Å². The minimum atomic E-state index is -1.71. The Hall–Kier alpha value is -1.55. The maximum Gasteiger partial charge on any atom is 0.381 e. The fourth-order valence-electron chi connectivity index (χ4n) is 1.65. The Labute approximate surface area is 95.8 Å². The summed E-state index contributed by atoms with van der Waals surface area (Å²) in [4.78, 5) is 0. The average Bonchev–Trinajstić information content (AvgIpc) is 2.43. The molecule has 16 heavy (non-hydrogen) atoms. The summed E-state index contributed by atoms with van der Waals surface area (Å²) in [5, 5.41) is 11.6. The minimum Gasteiger partial charge on any atom is -0.499 e. The van der Waals surface area contributed by atoms with E-state index in [1.807, 2.05) is 24.3 Å². The van der Waals surface area contributed by atoms with Gasteiger partial charge in [-0.3, -0.25) is 0 Å². The van der Waals surface area contributed by atoms with Gasteiger partial charge in [-0.1, -0.05) is 12.1 Å². The first-order valence-corrected chi connectivity index (χ1v) is 8.63. The Morgan fingerprint density at radius 3 is 2.31 bits per heavy atom. The Morgan fingerprint density at radius 2 is 1.75 bits per heavy atom. The lowest BCUT2D eigenvalue weighted by molar-refractivity contribution is -0.367. The average molecular weight is 234 g/mol. The Bertz CT molecular complexity index is 569. The van der Waals surface area contributed by atoms with Gasteiger partial charge in [0.25, 0.3) is 0 Å². The number of rotatable bonds is 2. The zero-order valence-corrected chi connectivity index (χ0v) is 10.8. The molecule has 0 amide bonds. The molecule has 3 nitrogen and oxygen atoms in total. The molecule has 2 rings (SSSR count). The molecule has 0 saturated carbocycles. The largest absolute Gasteiger partial charge is 0.499 e. The molecule has 1 aromatic rings. The third-order valence-electron chi connectivity index (χ3n) is 2.30. The molecule has 0 fully saturated rings. The predicted octanol–water partition coefficient (Wildman–Crippen LogP) is 0.954. The van der Waals surface area contributed by atoms with Gasteiger partial charge in [-0.25, -0.2) is 0 Å². The Kier molecular flexibility index (Phi) is 2.39. The van der Waals surface area contributed by atoms with E-state index in [0.29, 0.717) is 5.88 Å². The van der Waals surface area contributed by atoms with Crippen LogP contribution in [0.1, 0.15) is 0 Å². The first-order valence-electron chi connectivity index (χ1n) is 5.22. The van der Waals surface area contributed by atoms with E-state index < -0.39 is 8.32 Å². The van der Waals surface area contributed by atoms with Gasteiger partial charge in [-0.2, -0.15) is 0 Å². The fraction of sp³-hybridized carbons (Fsp3) is 0.250. The van der Waals surface area contributed by atoms with Gasteiger partial charge in [0.1, 0.15) is 17.2 Å². The minimum absolute atomic E-state index is 0.156. The van der Waals surface area contributed by atoms with Gasteiger partial charge in [-0.15, -0.1) is 4.58 Å². The molecule has 1 aromatic carbocycles. The standard InChI is InChI=1S/C12H15NO2Si/c1-13-11(14)9-7-5-6-8-10(9)12(13)15-16(2,3)4/h5-8H,1H2,2-4H3/p+1. The molecule has 0 atom stereocenters. The van der Waals surface area contributed by atoms with Crippen LogP contribution in [0.15, 0.2) is 24.3 Å². The van der Waals surface area contributed by atoms with Crippen molar-refractivity contribution >= 4 is 26.8 Å². The van der Waals surface area contributed by atoms with Crippen molar-refractivity contribution in [2.45, 2.75) is 19.6 Å². The van der Waals surface area contributed by atoms with Crippen molar-refractivity contribution in [3.63, 3.8) is 0 Å². The van der Waals surface area contributed by atoms with Crippen LogP contribution >= 0.6 is 0 Å². The van der Waals surface area contributed by atoms with E-state index in [4.69, 9.17) is 4.43 Å².